The van der Waals surface area contributed by atoms with Crippen LogP contribution in [0.5, 0.6) is 0 Å². The van der Waals surface area contributed by atoms with Crippen LogP contribution < -0.4 is 0 Å². The highest BCUT2D eigenvalue weighted by Crippen LogP contribution is 2.14. The standard InChI is InChI=1S/C12H14O/c1-3-4-5-12(13)11-8-6-10(2)7-9-11/h3-9,12-13H,1H2,2H3/b5-4+. The Morgan fingerprint density at radius 3 is 2.46 bits per heavy atom. The number of benzene rings is 1. The number of aliphatic hydroxyl groups is 1. The molecule has 1 rings (SSSR count). The summed E-state index contributed by atoms with van der Waals surface area (Å²) in [5.74, 6) is 0. The number of allylic oxidation sites excluding steroid dienone is 2. The maximum atomic E-state index is 9.61. The zero-order chi connectivity index (χ0) is 9.68. The van der Waals surface area contributed by atoms with Crippen molar-refractivity contribution in [3.63, 3.8) is 0 Å². The molecule has 0 spiro atoms. The lowest BCUT2D eigenvalue weighted by Crippen LogP contribution is -1.92. The van der Waals surface area contributed by atoms with E-state index in [0.717, 1.165) is 5.56 Å². The van der Waals surface area contributed by atoms with Gasteiger partial charge in [-0.05, 0) is 12.5 Å². The van der Waals surface area contributed by atoms with Gasteiger partial charge in [0.1, 0.15) is 0 Å². The van der Waals surface area contributed by atoms with Crippen LogP contribution in [0.15, 0.2) is 49.1 Å². The lowest BCUT2D eigenvalue weighted by atomic mass is 10.1. The van der Waals surface area contributed by atoms with Gasteiger partial charge < -0.3 is 5.11 Å². The van der Waals surface area contributed by atoms with Gasteiger partial charge in [-0.1, -0.05) is 54.6 Å². The van der Waals surface area contributed by atoms with Crippen LogP contribution in [-0.4, -0.2) is 5.11 Å². The molecular formula is C12H14O. The summed E-state index contributed by atoms with van der Waals surface area (Å²) >= 11 is 0. The second-order valence-electron chi connectivity index (χ2n) is 2.98. The molecule has 0 heterocycles. The Hall–Kier alpha value is -1.34. The van der Waals surface area contributed by atoms with E-state index in [9.17, 15) is 5.11 Å². The van der Waals surface area contributed by atoms with Crippen LogP contribution in [-0.2, 0) is 0 Å². The number of hydrogen-bond donors (Lipinski definition) is 1. The molecule has 0 aromatic heterocycles. The van der Waals surface area contributed by atoms with E-state index in [1.807, 2.05) is 31.2 Å². The summed E-state index contributed by atoms with van der Waals surface area (Å²) in [6.45, 7) is 5.57. The van der Waals surface area contributed by atoms with Crippen LogP contribution in [0, 0.1) is 6.92 Å². The fourth-order valence-corrected chi connectivity index (χ4v) is 1.06. The Morgan fingerprint density at radius 2 is 1.92 bits per heavy atom. The Kier molecular flexibility index (Phi) is 3.47. The molecule has 0 amide bonds. The minimum absolute atomic E-state index is 0.529. The van der Waals surface area contributed by atoms with Crippen molar-refractivity contribution in [2.75, 3.05) is 0 Å². The van der Waals surface area contributed by atoms with Crippen LogP contribution in [0.2, 0.25) is 0 Å². The second kappa shape index (κ2) is 4.63. The summed E-state index contributed by atoms with van der Waals surface area (Å²) in [4.78, 5) is 0. The second-order valence-corrected chi connectivity index (χ2v) is 2.98. The van der Waals surface area contributed by atoms with Crippen LogP contribution in [0.25, 0.3) is 0 Å². The van der Waals surface area contributed by atoms with Crippen molar-refractivity contribution >= 4 is 0 Å². The van der Waals surface area contributed by atoms with Gasteiger partial charge in [0, 0.05) is 0 Å². The minimum Gasteiger partial charge on any atom is -0.384 e. The van der Waals surface area contributed by atoms with E-state index in [2.05, 4.69) is 6.58 Å². The lowest BCUT2D eigenvalue weighted by molar-refractivity contribution is 0.228. The van der Waals surface area contributed by atoms with Gasteiger partial charge in [0.2, 0.25) is 0 Å². The molecule has 0 fully saturated rings. The summed E-state index contributed by atoms with van der Waals surface area (Å²) < 4.78 is 0. The fourth-order valence-electron chi connectivity index (χ4n) is 1.06. The van der Waals surface area contributed by atoms with Crippen molar-refractivity contribution < 1.29 is 5.11 Å². The fraction of sp³-hybridized carbons (Fsp3) is 0.167. The lowest BCUT2D eigenvalue weighted by Gasteiger charge is -2.05. The average molecular weight is 174 g/mol. The Morgan fingerprint density at radius 1 is 1.31 bits per heavy atom. The van der Waals surface area contributed by atoms with Gasteiger partial charge in [0.25, 0.3) is 0 Å². The maximum absolute atomic E-state index is 9.61. The highest BCUT2D eigenvalue weighted by Gasteiger charge is 2.00. The van der Waals surface area contributed by atoms with Gasteiger partial charge >= 0.3 is 0 Å². The number of aryl methyl sites for hydroxylation is 1. The number of rotatable bonds is 3. The molecule has 1 aromatic carbocycles. The van der Waals surface area contributed by atoms with E-state index in [0.29, 0.717) is 0 Å². The number of aliphatic hydroxyl groups excluding tert-OH is 1. The molecule has 68 valence electrons. The first-order valence-corrected chi connectivity index (χ1v) is 4.28. The van der Waals surface area contributed by atoms with Gasteiger partial charge in [0.05, 0.1) is 6.10 Å². The molecule has 1 aromatic rings. The predicted molar refractivity (Wildman–Crippen MR) is 55.5 cm³/mol. The number of hydrogen-bond acceptors (Lipinski definition) is 1. The molecule has 1 atom stereocenters. The zero-order valence-electron chi connectivity index (χ0n) is 7.77. The van der Waals surface area contributed by atoms with E-state index in [1.165, 1.54) is 5.56 Å². The van der Waals surface area contributed by atoms with Crippen LogP contribution in [0.4, 0.5) is 0 Å². The SMILES string of the molecule is C=C/C=C/C(O)c1ccc(C)cc1. The van der Waals surface area contributed by atoms with Gasteiger partial charge in [-0.3, -0.25) is 0 Å². The van der Waals surface area contributed by atoms with Crippen molar-refractivity contribution in [3.05, 3.63) is 60.2 Å². The zero-order valence-corrected chi connectivity index (χ0v) is 7.77. The molecule has 0 radical (unpaired) electrons. The summed E-state index contributed by atoms with van der Waals surface area (Å²) in [6, 6.07) is 7.82. The molecular weight excluding hydrogens is 160 g/mol. The minimum atomic E-state index is -0.529. The normalized spacial score (nSPS) is 13.1. The molecule has 1 nitrogen and oxygen atoms in total. The Bertz CT molecular complexity index is 295. The van der Waals surface area contributed by atoms with Crippen LogP contribution in [0.3, 0.4) is 0 Å². The third-order valence-electron chi connectivity index (χ3n) is 1.85. The summed E-state index contributed by atoms with van der Waals surface area (Å²) in [5.41, 5.74) is 2.10. The van der Waals surface area contributed by atoms with Gasteiger partial charge in [-0.25, -0.2) is 0 Å². The molecule has 0 saturated carbocycles. The monoisotopic (exact) mass is 174 g/mol. The summed E-state index contributed by atoms with van der Waals surface area (Å²) in [6.07, 6.45) is 4.57. The third kappa shape index (κ3) is 2.88. The first-order valence-electron chi connectivity index (χ1n) is 4.28. The molecule has 0 aliphatic heterocycles. The smallest absolute Gasteiger partial charge is 0.0974 e. The molecule has 1 unspecified atom stereocenters. The van der Waals surface area contributed by atoms with E-state index < -0.39 is 6.10 Å². The molecule has 0 aliphatic carbocycles. The largest absolute Gasteiger partial charge is 0.384 e. The quantitative estimate of drug-likeness (QED) is 0.698. The van der Waals surface area contributed by atoms with Crippen molar-refractivity contribution in [2.24, 2.45) is 0 Å². The van der Waals surface area contributed by atoms with Crippen molar-refractivity contribution in [1.29, 1.82) is 0 Å². The van der Waals surface area contributed by atoms with Crippen molar-refractivity contribution in [3.8, 4) is 0 Å². The van der Waals surface area contributed by atoms with Crippen molar-refractivity contribution in [2.45, 2.75) is 13.0 Å². The highest BCUT2D eigenvalue weighted by atomic mass is 16.3. The predicted octanol–water partition coefficient (Wildman–Crippen LogP) is 2.77. The molecule has 1 heteroatoms. The summed E-state index contributed by atoms with van der Waals surface area (Å²) in [5, 5.41) is 9.61. The average Bonchev–Trinajstić information content (AvgIpc) is 2.15. The van der Waals surface area contributed by atoms with Crippen LogP contribution in [0.1, 0.15) is 17.2 Å². The first kappa shape index (κ1) is 9.75. The Labute approximate surface area is 79.0 Å². The topological polar surface area (TPSA) is 20.2 Å². The Balaban J connectivity index is 2.77. The maximum Gasteiger partial charge on any atom is 0.0974 e. The summed E-state index contributed by atoms with van der Waals surface area (Å²) in [7, 11) is 0. The molecule has 0 aliphatic rings. The molecule has 0 saturated heterocycles. The van der Waals surface area contributed by atoms with E-state index in [4.69, 9.17) is 0 Å². The van der Waals surface area contributed by atoms with E-state index >= 15 is 0 Å². The van der Waals surface area contributed by atoms with E-state index in [1.54, 1.807) is 18.2 Å². The van der Waals surface area contributed by atoms with Gasteiger partial charge in [-0.15, -0.1) is 0 Å². The highest BCUT2D eigenvalue weighted by molar-refractivity contribution is 5.25. The molecule has 0 bridgehead atoms. The van der Waals surface area contributed by atoms with E-state index in [-0.39, 0.29) is 0 Å². The van der Waals surface area contributed by atoms with Crippen molar-refractivity contribution in [1.82, 2.24) is 0 Å². The third-order valence-corrected chi connectivity index (χ3v) is 1.85. The van der Waals surface area contributed by atoms with Crippen LogP contribution >= 0.6 is 0 Å². The van der Waals surface area contributed by atoms with Gasteiger partial charge in [0.15, 0.2) is 0 Å². The molecule has 13 heavy (non-hydrogen) atoms. The molecule has 1 N–H and O–H groups in total. The van der Waals surface area contributed by atoms with Gasteiger partial charge in [-0.2, -0.15) is 0 Å². The first-order chi connectivity index (χ1) is 6.24.